The van der Waals surface area contributed by atoms with Crippen molar-refractivity contribution in [3.05, 3.63) is 83.3 Å². The molecule has 0 unspecified atom stereocenters. The van der Waals surface area contributed by atoms with E-state index in [-0.39, 0.29) is 6.09 Å². The van der Waals surface area contributed by atoms with E-state index >= 15 is 0 Å². The molecule has 31 heavy (non-hydrogen) atoms. The summed E-state index contributed by atoms with van der Waals surface area (Å²) in [6.45, 7) is 6.80. The van der Waals surface area contributed by atoms with Crippen LogP contribution in [0, 0.1) is 13.8 Å². The van der Waals surface area contributed by atoms with Crippen LogP contribution >= 0.6 is 0 Å². The van der Waals surface area contributed by atoms with Gasteiger partial charge in [-0.3, -0.25) is 4.98 Å². The topological polar surface area (TPSA) is 58.6 Å². The summed E-state index contributed by atoms with van der Waals surface area (Å²) in [5.74, 6) is 1.54. The fraction of sp³-hybridized carbons (Fsp3) is 0.320. The first-order valence-corrected chi connectivity index (χ1v) is 10.7. The van der Waals surface area contributed by atoms with E-state index in [1.165, 1.54) is 11.1 Å². The van der Waals surface area contributed by atoms with E-state index < -0.39 is 0 Å². The van der Waals surface area contributed by atoms with Gasteiger partial charge in [0.15, 0.2) is 0 Å². The normalized spacial score (nSPS) is 13.9. The number of ether oxygens (including phenoxy) is 1. The minimum absolute atomic E-state index is 0.298. The number of pyridine rings is 2. The number of carbonyl (C=O) groups is 1. The lowest BCUT2D eigenvalue weighted by atomic mass is 10.1. The molecule has 6 heteroatoms. The molecule has 3 heterocycles. The first-order valence-electron chi connectivity index (χ1n) is 10.7. The standard InChI is InChI=1S/C25H28N4O2/c1-19-12-13-26-22(18-19)9-6-21-7-10-23(11-8-21)31-25(30)29-16-14-28(15-17-29)24-5-3-4-20(2)27-24/h3-5,7-8,10-13,18H,6,9,14-17H2,1-2H3. The number of aryl methyl sites for hydroxylation is 4. The average Bonchev–Trinajstić information content (AvgIpc) is 2.79. The van der Waals surface area contributed by atoms with Crippen molar-refractivity contribution in [2.75, 3.05) is 31.1 Å². The first-order chi connectivity index (χ1) is 15.1. The Balaban J connectivity index is 1.26. The van der Waals surface area contributed by atoms with Crippen LogP contribution in [0.1, 0.15) is 22.5 Å². The van der Waals surface area contributed by atoms with Gasteiger partial charge in [-0.05, 0) is 74.2 Å². The predicted octanol–water partition coefficient (Wildman–Crippen LogP) is 4.20. The highest BCUT2D eigenvalue weighted by atomic mass is 16.6. The van der Waals surface area contributed by atoms with Gasteiger partial charge < -0.3 is 14.5 Å². The van der Waals surface area contributed by atoms with Crippen LogP contribution in [0.25, 0.3) is 0 Å². The van der Waals surface area contributed by atoms with E-state index in [9.17, 15) is 4.79 Å². The van der Waals surface area contributed by atoms with Gasteiger partial charge in [0.2, 0.25) is 0 Å². The molecule has 1 amide bonds. The molecule has 0 N–H and O–H groups in total. The number of piperazine rings is 1. The molecular weight excluding hydrogens is 388 g/mol. The zero-order chi connectivity index (χ0) is 21.6. The van der Waals surface area contributed by atoms with Gasteiger partial charge in [0.1, 0.15) is 11.6 Å². The predicted molar refractivity (Wildman–Crippen MR) is 122 cm³/mol. The zero-order valence-electron chi connectivity index (χ0n) is 18.1. The number of rotatable bonds is 5. The Morgan fingerprint density at radius 1 is 0.968 bits per heavy atom. The minimum atomic E-state index is -0.298. The molecule has 0 bridgehead atoms. The molecule has 1 saturated heterocycles. The first kappa shape index (κ1) is 20.8. The van der Waals surface area contributed by atoms with E-state index in [1.807, 2.05) is 61.7 Å². The average molecular weight is 417 g/mol. The summed E-state index contributed by atoms with van der Waals surface area (Å²) in [6.07, 6.45) is 3.35. The molecule has 0 atom stereocenters. The quantitative estimate of drug-likeness (QED) is 0.624. The van der Waals surface area contributed by atoms with Crippen molar-refractivity contribution in [3.8, 4) is 5.75 Å². The summed E-state index contributed by atoms with van der Waals surface area (Å²) in [5, 5.41) is 0. The van der Waals surface area contributed by atoms with E-state index in [0.29, 0.717) is 18.8 Å². The lowest BCUT2D eigenvalue weighted by Crippen LogP contribution is -2.49. The van der Waals surface area contributed by atoms with Crippen LogP contribution < -0.4 is 9.64 Å². The van der Waals surface area contributed by atoms with Crippen LogP contribution in [0.3, 0.4) is 0 Å². The van der Waals surface area contributed by atoms with Gasteiger partial charge in [0, 0.05) is 43.8 Å². The molecule has 0 aliphatic carbocycles. The number of carbonyl (C=O) groups excluding carboxylic acids is 1. The maximum atomic E-state index is 12.6. The number of nitrogens with zero attached hydrogens (tertiary/aromatic N) is 4. The summed E-state index contributed by atoms with van der Waals surface area (Å²) in [4.78, 5) is 25.5. The molecule has 0 spiro atoms. The van der Waals surface area contributed by atoms with Crippen molar-refractivity contribution >= 4 is 11.9 Å². The van der Waals surface area contributed by atoms with Crippen LogP contribution in [0.4, 0.5) is 10.6 Å². The Morgan fingerprint density at radius 3 is 2.45 bits per heavy atom. The Labute approximate surface area is 183 Å². The molecule has 1 aromatic carbocycles. The molecule has 2 aromatic heterocycles. The van der Waals surface area contributed by atoms with E-state index in [1.54, 1.807) is 4.90 Å². The summed E-state index contributed by atoms with van der Waals surface area (Å²) in [5.41, 5.74) is 4.51. The van der Waals surface area contributed by atoms with Crippen molar-refractivity contribution in [2.24, 2.45) is 0 Å². The Bertz CT molecular complexity index is 1030. The molecule has 0 saturated carbocycles. The van der Waals surface area contributed by atoms with Crippen LogP contribution in [0.2, 0.25) is 0 Å². The van der Waals surface area contributed by atoms with Crippen LogP contribution in [0.15, 0.2) is 60.8 Å². The van der Waals surface area contributed by atoms with Gasteiger partial charge in [-0.1, -0.05) is 18.2 Å². The van der Waals surface area contributed by atoms with Gasteiger partial charge in [0.05, 0.1) is 0 Å². The highest BCUT2D eigenvalue weighted by molar-refractivity contribution is 5.71. The molecular formula is C25H28N4O2. The molecule has 160 valence electrons. The number of benzene rings is 1. The van der Waals surface area contributed by atoms with E-state index in [2.05, 4.69) is 27.9 Å². The zero-order valence-corrected chi connectivity index (χ0v) is 18.1. The number of anilines is 1. The largest absolute Gasteiger partial charge is 0.415 e. The Kier molecular flexibility index (Phi) is 6.46. The lowest BCUT2D eigenvalue weighted by Gasteiger charge is -2.34. The molecule has 6 nitrogen and oxygen atoms in total. The fourth-order valence-electron chi connectivity index (χ4n) is 3.72. The van der Waals surface area contributed by atoms with E-state index in [0.717, 1.165) is 43.1 Å². The summed E-state index contributed by atoms with van der Waals surface area (Å²) in [6, 6.07) is 17.9. The second kappa shape index (κ2) is 9.60. The van der Waals surface area contributed by atoms with Crippen LogP contribution in [0.5, 0.6) is 5.75 Å². The van der Waals surface area contributed by atoms with Crippen LogP contribution in [-0.2, 0) is 12.8 Å². The molecule has 1 fully saturated rings. The number of hydrogen-bond donors (Lipinski definition) is 0. The molecule has 1 aliphatic heterocycles. The minimum Gasteiger partial charge on any atom is -0.410 e. The molecule has 1 aliphatic rings. The van der Waals surface area contributed by atoms with Crippen molar-refractivity contribution in [2.45, 2.75) is 26.7 Å². The second-order valence-electron chi connectivity index (χ2n) is 7.95. The van der Waals surface area contributed by atoms with Gasteiger partial charge >= 0.3 is 6.09 Å². The number of aromatic nitrogens is 2. The Hall–Kier alpha value is -3.41. The van der Waals surface area contributed by atoms with Gasteiger partial charge in [-0.25, -0.2) is 9.78 Å². The SMILES string of the molecule is Cc1ccnc(CCc2ccc(OC(=O)N3CCN(c4cccc(C)n4)CC3)cc2)c1. The van der Waals surface area contributed by atoms with E-state index in [4.69, 9.17) is 4.74 Å². The third kappa shape index (κ3) is 5.60. The highest BCUT2D eigenvalue weighted by Gasteiger charge is 2.23. The maximum Gasteiger partial charge on any atom is 0.415 e. The van der Waals surface area contributed by atoms with Crippen molar-refractivity contribution < 1.29 is 9.53 Å². The summed E-state index contributed by atoms with van der Waals surface area (Å²) < 4.78 is 5.59. The smallest absolute Gasteiger partial charge is 0.410 e. The third-order valence-electron chi connectivity index (χ3n) is 5.51. The third-order valence-corrected chi connectivity index (χ3v) is 5.51. The molecule has 4 rings (SSSR count). The van der Waals surface area contributed by atoms with Gasteiger partial charge in [0.25, 0.3) is 0 Å². The van der Waals surface area contributed by atoms with Gasteiger partial charge in [-0.15, -0.1) is 0 Å². The van der Waals surface area contributed by atoms with Crippen molar-refractivity contribution in [3.63, 3.8) is 0 Å². The fourth-order valence-corrected chi connectivity index (χ4v) is 3.72. The molecule has 0 radical (unpaired) electrons. The monoisotopic (exact) mass is 416 g/mol. The van der Waals surface area contributed by atoms with Crippen molar-refractivity contribution in [1.29, 1.82) is 0 Å². The maximum absolute atomic E-state index is 12.6. The second-order valence-corrected chi connectivity index (χ2v) is 7.95. The summed E-state index contributed by atoms with van der Waals surface area (Å²) in [7, 11) is 0. The Morgan fingerprint density at radius 2 is 1.74 bits per heavy atom. The van der Waals surface area contributed by atoms with Crippen LogP contribution in [-0.4, -0.2) is 47.1 Å². The van der Waals surface area contributed by atoms with Gasteiger partial charge in [-0.2, -0.15) is 0 Å². The number of hydrogen-bond acceptors (Lipinski definition) is 5. The van der Waals surface area contributed by atoms with Crippen molar-refractivity contribution in [1.82, 2.24) is 14.9 Å². The summed E-state index contributed by atoms with van der Waals surface area (Å²) >= 11 is 0. The lowest BCUT2D eigenvalue weighted by molar-refractivity contribution is 0.149. The molecule has 3 aromatic rings. The highest BCUT2D eigenvalue weighted by Crippen LogP contribution is 2.18. The number of amides is 1.